The summed E-state index contributed by atoms with van der Waals surface area (Å²) in [4.78, 5) is 0. The van der Waals surface area contributed by atoms with Crippen LogP contribution in [0.2, 0.25) is 0 Å². The van der Waals surface area contributed by atoms with Crippen LogP contribution >= 0.6 is 0 Å². The summed E-state index contributed by atoms with van der Waals surface area (Å²) < 4.78 is 72.0. The Hall–Kier alpha value is -3.01. The van der Waals surface area contributed by atoms with Gasteiger partial charge in [0, 0.05) is 0 Å². The number of hydrogen-bond donors (Lipinski definition) is 0. The van der Waals surface area contributed by atoms with Gasteiger partial charge in [0.25, 0.3) is 0 Å². The van der Waals surface area contributed by atoms with Crippen molar-refractivity contribution in [3.63, 3.8) is 0 Å². The van der Waals surface area contributed by atoms with Crippen LogP contribution in [0.1, 0.15) is 204 Å². The third-order valence-electron chi connectivity index (χ3n) is 12.7. The van der Waals surface area contributed by atoms with Crippen LogP contribution < -0.4 is 57.1 Å². The summed E-state index contributed by atoms with van der Waals surface area (Å²) >= 11 is -0.0899. The van der Waals surface area contributed by atoms with Gasteiger partial charge in [0.15, 0.2) is 20.0 Å². The lowest BCUT2D eigenvalue weighted by atomic mass is 10.1. The molecule has 0 heterocycles. The smallest absolute Gasteiger partial charge is 0.357 e. The van der Waals surface area contributed by atoms with E-state index in [0.29, 0.717) is 0 Å². The minimum Gasteiger partial charge on any atom is -0.860 e. The largest absolute Gasteiger partial charge is 0.860 e. The van der Waals surface area contributed by atoms with Crippen LogP contribution in [0.25, 0.3) is 0 Å². The number of aryl methyl sites for hydroxylation is 4. The fourth-order valence-corrected chi connectivity index (χ4v) is 12.6. The van der Waals surface area contributed by atoms with Crippen molar-refractivity contribution >= 4 is 7.32 Å². The summed E-state index contributed by atoms with van der Waals surface area (Å²) in [6, 6.07) is 38.0. The lowest BCUT2D eigenvalue weighted by Gasteiger charge is -2.27. The van der Waals surface area contributed by atoms with E-state index < -0.39 is 42.2 Å². The average Bonchev–Trinajstić information content (AvgIpc) is 3.40. The van der Waals surface area contributed by atoms with Gasteiger partial charge >= 0.3 is 42.4 Å². The summed E-state index contributed by atoms with van der Waals surface area (Å²) in [6.07, 6.45) is 38.2. The summed E-state index contributed by atoms with van der Waals surface area (Å²) in [5, 5.41) is 19.7. The van der Waals surface area contributed by atoms with E-state index in [-0.39, 0.29) is 42.4 Å². The van der Waals surface area contributed by atoms with Crippen molar-refractivity contribution in [1.29, 1.82) is 0 Å². The Morgan fingerprint density at radius 1 is 0.315 bits per heavy atom. The average molecular weight is 1240 g/mol. The molecule has 5 aromatic rings. The Kier molecular flexibility index (Phi) is 35.5. The number of unbranched alkanes of at least 4 members (excludes halogenated alkanes) is 20. The van der Waals surface area contributed by atoms with E-state index in [1.54, 1.807) is 14.3 Å². The molecule has 11 heteroatoms. The minimum absolute atomic E-state index is 0.0450. The molecule has 0 saturated heterocycles. The molecule has 0 aliphatic carbocycles. The maximum atomic E-state index is 12.6. The molecule has 5 rings (SSSR count). The summed E-state index contributed by atoms with van der Waals surface area (Å²) in [7, 11) is -3.20. The summed E-state index contributed by atoms with van der Waals surface area (Å²) in [6.45, 7) is 9.15. The van der Waals surface area contributed by atoms with Crippen molar-refractivity contribution in [2.45, 2.75) is 207 Å². The van der Waals surface area contributed by atoms with Crippen molar-refractivity contribution in [2.24, 2.45) is 0 Å². The molecule has 0 saturated carbocycles. The second-order valence-electron chi connectivity index (χ2n) is 19.1. The molecule has 73 heavy (non-hydrogen) atoms. The van der Waals surface area contributed by atoms with Crippen LogP contribution in [-0.4, -0.2) is 7.32 Å². The van der Waals surface area contributed by atoms with Crippen LogP contribution in [0.5, 0.6) is 5.75 Å². The van der Waals surface area contributed by atoms with Gasteiger partial charge in [-0.15, -0.1) is 0 Å². The second kappa shape index (κ2) is 40.3. The molecule has 402 valence electrons. The maximum absolute atomic E-state index is 12.6. The van der Waals surface area contributed by atoms with Crippen molar-refractivity contribution in [1.82, 2.24) is 0 Å². The van der Waals surface area contributed by atoms with E-state index in [1.165, 1.54) is 202 Å². The number of hydrogen-bond acceptors (Lipinski definition) is 3. The molecule has 0 bridgehead atoms. The van der Waals surface area contributed by atoms with E-state index in [0.717, 1.165) is 0 Å². The summed E-state index contributed by atoms with van der Waals surface area (Å²) in [5.41, 5.74) is 6.06. The zero-order valence-electron chi connectivity index (χ0n) is 44.5. The van der Waals surface area contributed by atoms with E-state index in [2.05, 4.69) is 129 Å². The number of halogens is 7. The Balaban J connectivity index is 0.000000304. The van der Waals surface area contributed by atoms with Crippen molar-refractivity contribution in [3.8, 4) is 5.75 Å². The molecule has 5 aromatic carbocycles. The first-order valence-electron chi connectivity index (χ1n) is 27.6. The van der Waals surface area contributed by atoms with Gasteiger partial charge in [-0.05, 0) is 122 Å². The fraction of sp³-hybridized carbons (Fsp3) is 0.516. The first-order valence-corrected chi connectivity index (χ1v) is 32.0. The fourth-order valence-electron chi connectivity index (χ4n) is 8.33. The zero-order chi connectivity index (χ0) is 52.9. The van der Waals surface area contributed by atoms with Crippen LogP contribution in [0.3, 0.4) is 0 Å². The van der Waals surface area contributed by atoms with Gasteiger partial charge in [0.2, 0.25) is 29.1 Å². The highest BCUT2D eigenvalue weighted by atomic mass is 127. The molecule has 0 radical (unpaired) electrons. The monoisotopic (exact) mass is 1240 g/mol. The van der Waals surface area contributed by atoms with Crippen LogP contribution in [0.15, 0.2) is 97.1 Å². The Morgan fingerprint density at radius 2 is 0.521 bits per heavy atom. The van der Waals surface area contributed by atoms with Crippen LogP contribution in [0, 0.1) is 43.4 Å². The highest BCUT2D eigenvalue weighted by molar-refractivity contribution is 6.29. The molecule has 0 aliphatic heterocycles. The second-order valence-corrected chi connectivity index (χ2v) is 25.1. The lowest BCUT2D eigenvalue weighted by molar-refractivity contribution is -0.597. The van der Waals surface area contributed by atoms with E-state index in [1.807, 2.05) is 0 Å². The highest BCUT2D eigenvalue weighted by Crippen LogP contribution is 2.29. The maximum Gasteiger partial charge on any atom is 0.357 e. The SMILES string of the molecule is CCCCCCCCc1ccc([I+]c2ccc(CCCCCCCC)cc2)cc1.CCCCCCCCc1ccc([I+]c2ccc(CCCCCCCC)cc2)cc1.[O-]B([O-])Oc1c(F)c(F)c(F)c(F)c1F. The Bertz CT molecular complexity index is 1900. The molecule has 0 amide bonds. The van der Waals surface area contributed by atoms with Crippen molar-refractivity contribution < 1.29 is 79.1 Å². The topological polar surface area (TPSA) is 55.3 Å². The quantitative estimate of drug-likeness (QED) is 0.0103. The highest BCUT2D eigenvalue weighted by Gasteiger charge is 2.26. The molecule has 0 aromatic heterocycles. The molecule has 0 spiro atoms. The number of benzene rings is 5. The Morgan fingerprint density at radius 3 is 0.740 bits per heavy atom. The third kappa shape index (κ3) is 28.1. The first-order chi connectivity index (χ1) is 35.5. The Labute approximate surface area is 459 Å². The van der Waals surface area contributed by atoms with Crippen LogP contribution in [0.4, 0.5) is 22.0 Å². The van der Waals surface area contributed by atoms with Gasteiger partial charge in [-0.2, -0.15) is 8.78 Å². The molecule has 3 nitrogen and oxygen atoms in total. The van der Waals surface area contributed by atoms with Crippen molar-refractivity contribution in [3.05, 3.63) is 163 Å². The molecule has 0 fully saturated rings. The summed E-state index contributed by atoms with van der Waals surface area (Å²) in [5.74, 6) is -13.6. The molecule has 0 atom stereocenters. The van der Waals surface area contributed by atoms with Gasteiger partial charge in [-0.3, -0.25) is 0 Å². The van der Waals surface area contributed by atoms with Crippen molar-refractivity contribution in [2.75, 3.05) is 0 Å². The lowest BCUT2D eigenvalue weighted by Crippen LogP contribution is -3.61. The zero-order valence-corrected chi connectivity index (χ0v) is 48.8. The van der Waals surface area contributed by atoms with Gasteiger partial charge in [-0.1, -0.05) is 205 Å². The minimum atomic E-state index is -3.20. The molecular formula is C62H84BF5I2O3. The van der Waals surface area contributed by atoms with Gasteiger partial charge in [0.05, 0.1) is 0 Å². The van der Waals surface area contributed by atoms with Gasteiger partial charge in [-0.25, -0.2) is 13.2 Å². The van der Waals surface area contributed by atoms with E-state index >= 15 is 0 Å². The normalized spacial score (nSPS) is 10.9. The molecule has 0 N–H and O–H groups in total. The van der Waals surface area contributed by atoms with E-state index in [4.69, 9.17) is 0 Å². The predicted molar refractivity (Wildman–Crippen MR) is 281 cm³/mol. The molecular weight excluding hydrogens is 1150 g/mol. The predicted octanol–water partition coefficient (Wildman–Crippen LogP) is 10.7. The first kappa shape index (κ1) is 64.3. The standard InChI is InChI=1S/2C28H42I.C6BF5O3/c2*1-3-5-7-9-11-13-15-25-17-21-27(22-18-25)29-28-23-19-26(20-24-28)16-14-12-10-8-6-4-2;8-1-2(9)4(11)6(15-7(13)14)5(12)3(1)10/h2*17-24H,3-16H2,1-2H3;/q2*+1;-2. The van der Waals surface area contributed by atoms with Gasteiger partial charge < -0.3 is 14.7 Å². The van der Waals surface area contributed by atoms with Gasteiger partial charge in [0.1, 0.15) is 7.32 Å². The third-order valence-corrected chi connectivity index (χ3v) is 18.1. The van der Waals surface area contributed by atoms with E-state index in [9.17, 15) is 32.0 Å². The number of rotatable bonds is 34. The molecule has 0 aliphatic rings. The molecule has 0 unspecified atom stereocenters. The van der Waals surface area contributed by atoms with Crippen LogP contribution in [-0.2, 0) is 25.7 Å².